The van der Waals surface area contributed by atoms with Crippen molar-refractivity contribution >= 4 is 11.8 Å². The van der Waals surface area contributed by atoms with Crippen molar-refractivity contribution in [3.63, 3.8) is 0 Å². The van der Waals surface area contributed by atoms with E-state index in [1.165, 1.54) is 12.1 Å². The lowest BCUT2D eigenvalue weighted by molar-refractivity contribution is -0.129. The molecule has 27 heavy (non-hydrogen) atoms. The average Bonchev–Trinajstić information content (AvgIpc) is 2.68. The number of rotatable bonds is 5. The molecule has 1 N–H and O–H groups in total. The lowest BCUT2D eigenvalue weighted by atomic mass is 10.0. The second kappa shape index (κ2) is 8.66. The quantitative estimate of drug-likeness (QED) is 0.880. The molecule has 0 spiro atoms. The van der Waals surface area contributed by atoms with Gasteiger partial charge < -0.3 is 15.0 Å². The Morgan fingerprint density at radius 2 is 1.78 bits per heavy atom. The van der Waals surface area contributed by atoms with Gasteiger partial charge in [-0.15, -0.1) is 0 Å². The summed E-state index contributed by atoms with van der Waals surface area (Å²) in [6, 6.07) is 13.2. The molecule has 1 aliphatic rings. The molecule has 0 unspecified atom stereocenters. The Kier molecular flexibility index (Phi) is 6.06. The Hall–Kier alpha value is -2.89. The van der Waals surface area contributed by atoms with Crippen molar-refractivity contribution in [3.05, 3.63) is 65.5 Å². The van der Waals surface area contributed by atoms with E-state index in [9.17, 15) is 14.0 Å². The molecule has 1 heterocycles. The molecule has 0 radical (unpaired) electrons. The normalized spacial score (nSPS) is 14.7. The number of carbonyl (C=O) groups excluding carboxylic acids is 2. The molecule has 2 amide bonds. The van der Waals surface area contributed by atoms with Crippen LogP contribution in [0.4, 0.5) is 4.39 Å². The smallest absolute Gasteiger partial charge is 0.255 e. The number of likely N-dealkylation sites (tertiary alicyclic amines) is 1. The number of piperidine rings is 1. The van der Waals surface area contributed by atoms with Crippen LogP contribution in [0.3, 0.4) is 0 Å². The molecule has 1 fully saturated rings. The van der Waals surface area contributed by atoms with Crippen molar-refractivity contribution in [2.75, 3.05) is 13.1 Å². The summed E-state index contributed by atoms with van der Waals surface area (Å²) < 4.78 is 18.8. The molecule has 2 aromatic carbocycles. The zero-order valence-corrected chi connectivity index (χ0v) is 15.3. The Bertz CT molecular complexity index is 799. The molecule has 0 atom stereocenters. The van der Waals surface area contributed by atoms with Gasteiger partial charge in [0.25, 0.3) is 5.91 Å². The minimum Gasteiger partial charge on any atom is -0.488 e. The van der Waals surface area contributed by atoms with Crippen molar-refractivity contribution in [2.24, 2.45) is 0 Å². The third kappa shape index (κ3) is 5.06. The van der Waals surface area contributed by atoms with E-state index in [4.69, 9.17) is 4.74 Å². The van der Waals surface area contributed by atoms with Crippen LogP contribution in [0.2, 0.25) is 0 Å². The van der Waals surface area contributed by atoms with Crippen LogP contribution in [0.5, 0.6) is 5.75 Å². The summed E-state index contributed by atoms with van der Waals surface area (Å²) in [6.07, 6.45) is 1.48. The number of hydrogen-bond donors (Lipinski definition) is 1. The fraction of sp³-hybridized carbons (Fsp3) is 0.333. The van der Waals surface area contributed by atoms with Gasteiger partial charge in [-0.25, -0.2) is 4.39 Å². The number of ether oxygens (including phenoxy) is 1. The van der Waals surface area contributed by atoms with E-state index in [2.05, 4.69) is 5.32 Å². The Morgan fingerprint density at radius 3 is 2.44 bits per heavy atom. The van der Waals surface area contributed by atoms with Crippen LogP contribution < -0.4 is 10.1 Å². The monoisotopic (exact) mass is 370 g/mol. The summed E-state index contributed by atoms with van der Waals surface area (Å²) >= 11 is 0. The minimum atomic E-state index is -0.297. The molecule has 2 aromatic rings. The van der Waals surface area contributed by atoms with E-state index in [0.717, 1.165) is 18.4 Å². The minimum absolute atomic E-state index is 0.0401. The molecule has 1 aliphatic heterocycles. The highest BCUT2D eigenvalue weighted by molar-refractivity contribution is 5.97. The zero-order chi connectivity index (χ0) is 19.2. The number of amides is 2. The van der Waals surface area contributed by atoms with E-state index in [1.807, 2.05) is 6.07 Å². The molecule has 6 heteroatoms. The van der Waals surface area contributed by atoms with Gasteiger partial charge in [0.05, 0.1) is 5.56 Å². The predicted octanol–water partition coefficient (Wildman–Crippen LogP) is 3.15. The predicted molar refractivity (Wildman–Crippen MR) is 99.9 cm³/mol. The second-order valence-electron chi connectivity index (χ2n) is 6.67. The van der Waals surface area contributed by atoms with Crippen LogP contribution >= 0.6 is 0 Å². The summed E-state index contributed by atoms with van der Waals surface area (Å²) in [5.41, 5.74) is 1.29. The van der Waals surface area contributed by atoms with Crippen molar-refractivity contribution in [1.29, 1.82) is 0 Å². The van der Waals surface area contributed by atoms with E-state index in [-0.39, 0.29) is 30.3 Å². The number of para-hydroxylation sites is 1. The molecule has 142 valence electrons. The fourth-order valence-electron chi connectivity index (χ4n) is 3.12. The van der Waals surface area contributed by atoms with Crippen molar-refractivity contribution in [1.82, 2.24) is 10.2 Å². The van der Waals surface area contributed by atoms with E-state index in [1.54, 1.807) is 42.2 Å². The first kappa shape index (κ1) is 18.9. The highest BCUT2D eigenvalue weighted by Gasteiger charge is 2.23. The molecule has 0 bridgehead atoms. The third-order valence-electron chi connectivity index (χ3n) is 4.71. The van der Waals surface area contributed by atoms with Crippen LogP contribution in [0.1, 0.15) is 35.7 Å². The van der Waals surface area contributed by atoms with Gasteiger partial charge in [0.1, 0.15) is 18.2 Å². The van der Waals surface area contributed by atoms with Gasteiger partial charge in [0.15, 0.2) is 0 Å². The third-order valence-corrected chi connectivity index (χ3v) is 4.71. The average molecular weight is 370 g/mol. The first-order valence-electron chi connectivity index (χ1n) is 9.05. The highest BCUT2D eigenvalue weighted by atomic mass is 19.1. The van der Waals surface area contributed by atoms with Crippen molar-refractivity contribution < 1.29 is 18.7 Å². The molecule has 0 saturated carbocycles. The number of carbonyl (C=O) groups is 2. The molecule has 0 aromatic heterocycles. The maximum Gasteiger partial charge on any atom is 0.255 e. The first-order chi connectivity index (χ1) is 13.0. The van der Waals surface area contributed by atoms with Crippen LogP contribution in [0.25, 0.3) is 0 Å². The maximum absolute atomic E-state index is 13.0. The number of nitrogens with one attached hydrogen (secondary N) is 1. The summed E-state index contributed by atoms with van der Waals surface area (Å²) in [5, 5.41) is 3.03. The highest BCUT2D eigenvalue weighted by Crippen LogP contribution is 2.20. The Morgan fingerprint density at radius 1 is 1.11 bits per heavy atom. The zero-order valence-electron chi connectivity index (χ0n) is 15.3. The Labute approximate surface area is 158 Å². The fourth-order valence-corrected chi connectivity index (χ4v) is 3.12. The lowest BCUT2D eigenvalue weighted by Crippen LogP contribution is -2.46. The lowest BCUT2D eigenvalue weighted by Gasteiger charge is -2.31. The summed E-state index contributed by atoms with van der Waals surface area (Å²) in [4.78, 5) is 25.9. The number of benzene rings is 2. The SMILES string of the molecule is CC(=O)N1CCC(NC(=O)c2ccccc2OCc2ccc(F)cc2)CC1. The van der Waals surface area contributed by atoms with E-state index < -0.39 is 0 Å². The standard InChI is InChI=1S/C21H23FN2O3/c1-15(25)24-12-10-18(11-13-24)23-21(26)19-4-2-3-5-20(19)27-14-16-6-8-17(22)9-7-16/h2-9,18H,10-14H2,1H3,(H,23,26). The van der Waals surface area contributed by atoms with Gasteiger partial charge in [-0.05, 0) is 42.7 Å². The number of halogens is 1. The van der Waals surface area contributed by atoms with Crippen LogP contribution in [-0.2, 0) is 11.4 Å². The van der Waals surface area contributed by atoms with Gasteiger partial charge in [0.2, 0.25) is 5.91 Å². The summed E-state index contributed by atoms with van der Waals surface area (Å²) in [5.74, 6) is 0.0696. The summed E-state index contributed by atoms with van der Waals surface area (Å²) in [6.45, 7) is 3.13. The van der Waals surface area contributed by atoms with Gasteiger partial charge in [0, 0.05) is 26.1 Å². The summed E-state index contributed by atoms with van der Waals surface area (Å²) in [7, 11) is 0. The maximum atomic E-state index is 13.0. The van der Waals surface area contributed by atoms with Gasteiger partial charge >= 0.3 is 0 Å². The van der Waals surface area contributed by atoms with Crippen LogP contribution in [0, 0.1) is 5.82 Å². The van der Waals surface area contributed by atoms with Crippen LogP contribution in [0.15, 0.2) is 48.5 Å². The van der Waals surface area contributed by atoms with Crippen molar-refractivity contribution in [2.45, 2.75) is 32.4 Å². The molecule has 5 nitrogen and oxygen atoms in total. The first-order valence-corrected chi connectivity index (χ1v) is 9.05. The molecular weight excluding hydrogens is 347 g/mol. The number of hydrogen-bond acceptors (Lipinski definition) is 3. The van der Waals surface area contributed by atoms with E-state index in [0.29, 0.717) is 24.4 Å². The molecule has 3 rings (SSSR count). The van der Waals surface area contributed by atoms with Gasteiger partial charge in [-0.1, -0.05) is 24.3 Å². The Balaban J connectivity index is 1.60. The number of nitrogens with zero attached hydrogens (tertiary/aromatic N) is 1. The molecular formula is C21H23FN2O3. The topological polar surface area (TPSA) is 58.6 Å². The van der Waals surface area contributed by atoms with Gasteiger partial charge in [-0.2, -0.15) is 0 Å². The molecule has 0 aliphatic carbocycles. The van der Waals surface area contributed by atoms with E-state index >= 15 is 0 Å². The van der Waals surface area contributed by atoms with Gasteiger partial charge in [-0.3, -0.25) is 9.59 Å². The van der Waals surface area contributed by atoms with Crippen molar-refractivity contribution in [3.8, 4) is 5.75 Å². The molecule has 1 saturated heterocycles. The van der Waals surface area contributed by atoms with Crippen LogP contribution in [-0.4, -0.2) is 35.8 Å². The second-order valence-corrected chi connectivity index (χ2v) is 6.67. The largest absolute Gasteiger partial charge is 0.488 e.